The van der Waals surface area contributed by atoms with E-state index in [1.807, 2.05) is 49.4 Å². The highest BCUT2D eigenvalue weighted by molar-refractivity contribution is 6.01. The zero-order valence-electron chi connectivity index (χ0n) is 17.4. The van der Waals surface area contributed by atoms with Crippen molar-refractivity contribution in [1.29, 1.82) is 0 Å². The Labute approximate surface area is 174 Å². The molecule has 0 saturated heterocycles. The maximum Gasteiger partial charge on any atom is 0.323 e. The van der Waals surface area contributed by atoms with E-state index in [0.717, 1.165) is 27.6 Å². The van der Waals surface area contributed by atoms with Crippen molar-refractivity contribution in [3.05, 3.63) is 75.2 Å². The predicted molar refractivity (Wildman–Crippen MR) is 113 cm³/mol. The highest BCUT2D eigenvalue weighted by Crippen LogP contribution is 2.41. The normalized spacial score (nSPS) is 14.4. The number of hydrogen-bond donors (Lipinski definition) is 0. The van der Waals surface area contributed by atoms with Crippen molar-refractivity contribution in [3.8, 4) is 5.69 Å². The fourth-order valence-corrected chi connectivity index (χ4v) is 4.62. The molecule has 1 aromatic heterocycles. The minimum atomic E-state index is -1.47. The summed E-state index contributed by atoms with van der Waals surface area (Å²) in [7, 11) is 2.51. The summed E-state index contributed by atoms with van der Waals surface area (Å²) in [5.74, 6) is -1.29. The maximum atomic E-state index is 13.4. The lowest BCUT2D eigenvalue weighted by atomic mass is 9.84. The number of carbonyl (C=O) groups excluding carboxylic acids is 2. The zero-order valence-corrected chi connectivity index (χ0v) is 17.4. The van der Waals surface area contributed by atoms with Gasteiger partial charge in [0.25, 0.3) is 5.56 Å². The van der Waals surface area contributed by atoms with Crippen molar-refractivity contribution >= 4 is 22.7 Å². The second-order valence-electron chi connectivity index (χ2n) is 7.73. The van der Waals surface area contributed by atoms with Crippen molar-refractivity contribution < 1.29 is 19.1 Å². The molecule has 0 aliphatic heterocycles. The molecule has 3 aromatic rings. The van der Waals surface area contributed by atoms with Gasteiger partial charge in [0, 0.05) is 29.5 Å². The van der Waals surface area contributed by atoms with Crippen LogP contribution in [-0.2, 0) is 31.9 Å². The summed E-state index contributed by atoms with van der Waals surface area (Å²) in [6.07, 6.45) is 0.235. The van der Waals surface area contributed by atoms with Crippen molar-refractivity contribution in [2.24, 2.45) is 5.41 Å². The fourth-order valence-electron chi connectivity index (χ4n) is 4.62. The number of nitrogens with zero attached hydrogens (tertiary/aromatic N) is 1. The monoisotopic (exact) mass is 405 g/mol. The Kier molecular flexibility index (Phi) is 4.73. The van der Waals surface area contributed by atoms with E-state index < -0.39 is 17.4 Å². The number of esters is 2. The quantitative estimate of drug-likeness (QED) is 0.495. The molecular weight excluding hydrogens is 382 g/mol. The molecule has 0 amide bonds. The Morgan fingerprint density at radius 2 is 1.50 bits per heavy atom. The van der Waals surface area contributed by atoms with E-state index in [1.54, 1.807) is 11.5 Å². The molecule has 2 aromatic carbocycles. The van der Waals surface area contributed by atoms with Crippen LogP contribution in [-0.4, -0.2) is 30.7 Å². The number of ether oxygens (including phenoxy) is 2. The number of aromatic nitrogens is 1. The molecular formula is C24H23NO5. The number of hydrogen-bond acceptors (Lipinski definition) is 5. The molecule has 0 fully saturated rings. The van der Waals surface area contributed by atoms with Gasteiger partial charge in [-0.25, -0.2) is 0 Å². The van der Waals surface area contributed by atoms with Gasteiger partial charge in [-0.05, 0) is 36.4 Å². The van der Waals surface area contributed by atoms with Crippen molar-refractivity contribution in [2.45, 2.75) is 26.7 Å². The number of rotatable bonds is 3. The highest BCUT2D eigenvalue weighted by Gasteiger charge is 2.54. The van der Waals surface area contributed by atoms with Crippen molar-refractivity contribution in [3.63, 3.8) is 0 Å². The van der Waals surface area contributed by atoms with Gasteiger partial charge in [0.15, 0.2) is 5.41 Å². The molecule has 0 radical (unpaired) electrons. The molecule has 30 heavy (non-hydrogen) atoms. The van der Waals surface area contributed by atoms with Crippen LogP contribution in [0.3, 0.4) is 0 Å². The standard InChI is InChI=1S/C24H23NO5/c1-14-18-12-24(22(27)29-3,23(28)30-4)13-19(18)15(2)25(21(14)26)20-11-7-9-16-8-5-6-10-17(16)20/h5-11H,12-13H2,1-4H3. The summed E-state index contributed by atoms with van der Waals surface area (Å²) >= 11 is 0. The first-order valence-electron chi connectivity index (χ1n) is 9.74. The van der Waals surface area contributed by atoms with Gasteiger partial charge in [-0.3, -0.25) is 19.0 Å². The molecule has 154 valence electrons. The van der Waals surface area contributed by atoms with Crippen LogP contribution in [0.1, 0.15) is 22.4 Å². The van der Waals surface area contributed by atoms with Crippen LogP contribution in [0.15, 0.2) is 47.3 Å². The molecule has 1 aliphatic carbocycles. The van der Waals surface area contributed by atoms with E-state index in [0.29, 0.717) is 11.3 Å². The lowest BCUT2D eigenvalue weighted by Crippen LogP contribution is -2.42. The minimum Gasteiger partial charge on any atom is -0.468 e. The Bertz CT molecular complexity index is 1230. The third-order valence-corrected chi connectivity index (χ3v) is 6.23. The van der Waals surface area contributed by atoms with Crippen LogP contribution in [0.4, 0.5) is 0 Å². The van der Waals surface area contributed by atoms with E-state index in [4.69, 9.17) is 9.47 Å². The summed E-state index contributed by atoms with van der Waals surface area (Å²) in [4.78, 5) is 38.7. The van der Waals surface area contributed by atoms with E-state index in [-0.39, 0.29) is 18.4 Å². The smallest absolute Gasteiger partial charge is 0.323 e. The summed E-state index contributed by atoms with van der Waals surface area (Å²) in [5.41, 5.74) is 1.93. The summed E-state index contributed by atoms with van der Waals surface area (Å²) in [5, 5.41) is 1.98. The number of methoxy groups -OCH3 is 2. The molecule has 6 nitrogen and oxygen atoms in total. The SMILES string of the molecule is COC(=O)C1(C(=O)OC)Cc2c(c(C)n(-c3cccc4ccccc34)c(=O)c2C)C1. The van der Waals surface area contributed by atoms with Gasteiger partial charge in [0.1, 0.15) is 0 Å². The number of carbonyl (C=O) groups is 2. The minimum absolute atomic E-state index is 0.0972. The Morgan fingerprint density at radius 1 is 0.900 bits per heavy atom. The zero-order chi connectivity index (χ0) is 21.6. The van der Waals surface area contributed by atoms with E-state index >= 15 is 0 Å². The van der Waals surface area contributed by atoms with Crippen molar-refractivity contribution in [2.75, 3.05) is 14.2 Å². The maximum absolute atomic E-state index is 13.4. The Hall–Kier alpha value is -3.41. The molecule has 4 rings (SSSR count). The summed E-state index contributed by atoms with van der Waals surface area (Å²) < 4.78 is 11.6. The molecule has 6 heteroatoms. The molecule has 1 aliphatic rings. The molecule has 0 bridgehead atoms. The average Bonchev–Trinajstić information content (AvgIpc) is 3.19. The number of pyridine rings is 1. The first-order valence-corrected chi connectivity index (χ1v) is 9.74. The summed E-state index contributed by atoms with van der Waals surface area (Å²) in [6, 6.07) is 13.7. The van der Waals surface area contributed by atoms with Gasteiger partial charge in [0.2, 0.25) is 0 Å². The molecule has 0 unspecified atom stereocenters. The van der Waals surface area contributed by atoms with Crippen LogP contribution >= 0.6 is 0 Å². The lowest BCUT2D eigenvalue weighted by molar-refractivity contribution is -0.168. The second kappa shape index (κ2) is 7.13. The molecule has 0 saturated carbocycles. The molecule has 0 N–H and O–H groups in total. The lowest BCUT2D eigenvalue weighted by Gasteiger charge is -2.22. The van der Waals surface area contributed by atoms with E-state index in [1.165, 1.54) is 14.2 Å². The van der Waals surface area contributed by atoms with Crippen LogP contribution in [0.25, 0.3) is 16.5 Å². The fraction of sp³-hybridized carbons (Fsp3) is 0.292. The van der Waals surface area contributed by atoms with Crippen LogP contribution < -0.4 is 5.56 Å². The van der Waals surface area contributed by atoms with Crippen molar-refractivity contribution in [1.82, 2.24) is 4.57 Å². The van der Waals surface area contributed by atoms with Crippen LogP contribution in [0.2, 0.25) is 0 Å². The first kappa shape index (κ1) is 19.9. The Balaban J connectivity index is 1.99. The highest BCUT2D eigenvalue weighted by atomic mass is 16.5. The average molecular weight is 405 g/mol. The molecule has 0 atom stereocenters. The van der Waals surface area contributed by atoms with E-state index in [2.05, 4.69) is 0 Å². The van der Waals surface area contributed by atoms with Gasteiger partial charge in [0.05, 0.1) is 19.9 Å². The summed E-state index contributed by atoms with van der Waals surface area (Å²) in [6.45, 7) is 3.60. The second-order valence-corrected chi connectivity index (χ2v) is 7.73. The molecule has 0 spiro atoms. The van der Waals surface area contributed by atoms with Crippen LogP contribution in [0.5, 0.6) is 0 Å². The number of benzene rings is 2. The van der Waals surface area contributed by atoms with Crippen LogP contribution in [0, 0.1) is 19.3 Å². The number of fused-ring (bicyclic) bond motifs is 2. The van der Waals surface area contributed by atoms with Gasteiger partial charge in [-0.1, -0.05) is 36.4 Å². The first-order chi connectivity index (χ1) is 14.4. The predicted octanol–water partition coefficient (Wildman–Crippen LogP) is 3.04. The van der Waals surface area contributed by atoms with E-state index in [9.17, 15) is 14.4 Å². The third-order valence-electron chi connectivity index (χ3n) is 6.23. The van der Waals surface area contributed by atoms with Gasteiger partial charge >= 0.3 is 11.9 Å². The topological polar surface area (TPSA) is 74.6 Å². The van der Waals surface area contributed by atoms with Gasteiger partial charge in [-0.2, -0.15) is 0 Å². The molecule has 1 heterocycles. The van der Waals surface area contributed by atoms with Gasteiger partial charge in [-0.15, -0.1) is 0 Å². The third kappa shape index (κ3) is 2.67. The Morgan fingerprint density at radius 3 is 2.17 bits per heavy atom. The largest absolute Gasteiger partial charge is 0.468 e. The van der Waals surface area contributed by atoms with Gasteiger partial charge < -0.3 is 9.47 Å².